The minimum atomic E-state index is -0.221. The minimum absolute atomic E-state index is 0.152. The molecule has 2 aromatic heterocycles. The first-order valence-corrected chi connectivity index (χ1v) is 7.61. The van der Waals surface area contributed by atoms with Gasteiger partial charge in [0.15, 0.2) is 0 Å². The van der Waals surface area contributed by atoms with Gasteiger partial charge in [0, 0.05) is 10.9 Å². The van der Waals surface area contributed by atoms with Crippen LogP contribution in [0.1, 0.15) is 11.5 Å². The average Bonchev–Trinajstić information content (AvgIpc) is 3.17. The first-order chi connectivity index (χ1) is 11.8. The van der Waals surface area contributed by atoms with Crippen molar-refractivity contribution in [2.75, 3.05) is 0 Å². The van der Waals surface area contributed by atoms with Gasteiger partial charge in [-0.2, -0.15) is 5.10 Å². The van der Waals surface area contributed by atoms with Gasteiger partial charge >= 0.3 is 0 Å². The lowest BCUT2D eigenvalue weighted by Gasteiger charge is -1.96. The van der Waals surface area contributed by atoms with Crippen molar-refractivity contribution in [2.45, 2.75) is 6.42 Å². The minimum Gasteiger partial charge on any atom is -0.354 e. The van der Waals surface area contributed by atoms with Crippen molar-refractivity contribution in [2.24, 2.45) is 5.10 Å². The van der Waals surface area contributed by atoms with Gasteiger partial charge in [-0.05, 0) is 24.3 Å². The third kappa shape index (κ3) is 2.89. The summed E-state index contributed by atoms with van der Waals surface area (Å²) < 4.78 is 0. The van der Waals surface area contributed by atoms with E-state index >= 15 is 0 Å². The summed E-state index contributed by atoms with van der Waals surface area (Å²) in [6.07, 6.45) is 1.75. The Balaban J connectivity index is 1.40. The predicted octanol–water partition coefficient (Wildman–Crippen LogP) is 2.74. The summed E-state index contributed by atoms with van der Waals surface area (Å²) in [6.45, 7) is 0. The van der Waals surface area contributed by atoms with Crippen molar-refractivity contribution in [3.05, 3.63) is 66.1 Å². The van der Waals surface area contributed by atoms with Crippen LogP contribution >= 0.6 is 0 Å². The fraction of sp³-hybridized carbons (Fsp3) is 0.0556. The molecule has 118 valence electrons. The normalized spacial score (nSPS) is 11.5. The van der Waals surface area contributed by atoms with E-state index in [-0.39, 0.29) is 12.3 Å². The van der Waals surface area contributed by atoms with Crippen LogP contribution in [-0.2, 0) is 11.2 Å². The highest BCUT2D eigenvalue weighted by Crippen LogP contribution is 2.13. The first-order valence-electron chi connectivity index (χ1n) is 7.61. The number of hydrazone groups is 1. The van der Waals surface area contributed by atoms with Crippen molar-refractivity contribution in [1.29, 1.82) is 0 Å². The molecule has 0 spiro atoms. The average molecular weight is 317 g/mol. The highest BCUT2D eigenvalue weighted by Gasteiger charge is 2.07. The molecule has 0 saturated heterocycles. The lowest BCUT2D eigenvalue weighted by atomic mass is 10.2. The lowest BCUT2D eigenvalue weighted by molar-refractivity contribution is -0.120. The number of amides is 1. The number of benzene rings is 2. The van der Waals surface area contributed by atoms with Crippen molar-refractivity contribution in [3.8, 4) is 0 Å². The summed E-state index contributed by atoms with van der Waals surface area (Å²) in [5.74, 6) is 0.399. The zero-order valence-electron chi connectivity index (χ0n) is 12.8. The fourth-order valence-corrected chi connectivity index (χ4v) is 2.62. The summed E-state index contributed by atoms with van der Waals surface area (Å²) in [7, 11) is 0. The number of H-pyrrole nitrogens is 2. The molecule has 0 bridgehead atoms. The number of rotatable bonds is 4. The van der Waals surface area contributed by atoms with E-state index in [2.05, 4.69) is 25.5 Å². The van der Waals surface area contributed by atoms with Gasteiger partial charge in [-0.25, -0.2) is 10.4 Å². The molecule has 0 aliphatic rings. The highest BCUT2D eigenvalue weighted by atomic mass is 16.2. The van der Waals surface area contributed by atoms with Crippen LogP contribution in [0.3, 0.4) is 0 Å². The van der Waals surface area contributed by atoms with E-state index in [0.717, 1.165) is 27.6 Å². The quantitative estimate of drug-likeness (QED) is 0.399. The van der Waals surface area contributed by atoms with E-state index in [4.69, 9.17) is 0 Å². The van der Waals surface area contributed by atoms with E-state index in [0.29, 0.717) is 5.82 Å². The number of hydrogen-bond donors (Lipinski definition) is 3. The summed E-state index contributed by atoms with van der Waals surface area (Å²) in [5.41, 5.74) is 6.15. The van der Waals surface area contributed by atoms with Crippen LogP contribution in [0.25, 0.3) is 21.9 Å². The summed E-state index contributed by atoms with van der Waals surface area (Å²) in [4.78, 5) is 22.7. The monoisotopic (exact) mass is 317 g/mol. The topological polar surface area (TPSA) is 85.9 Å². The molecule has 24 heavy (non-hydrogen) atoms. The van der Waals surface area contributed by atoms with Crippen molar-refractivity contribution in [1.82, 2.24) is 20.4 Å². The Morgan fingerprint density at radius 1 is 1.08 bits per heavy atom. The Kier molecular flexibility index (Phi) is 3.55. The third-order valence-electron chi connectivity index (χ3n) is 3.71. The molecule has 0 fully saturated rings. The predicted molar refractivity (Wildman–Crippen MR) is 93.8 cm³/mol. The number of imidazole rings is 1. The van der Waals surface area contributed by atoms with Crippen LogP contribution in [0, 0.1) is 0 Å². The van der Waals surface area contributed by atoms with Gasteiger partial charge in [0.25, 0.3) is 0 Å². The molecule has 0 saturated carbocycles. The molecule has 6 heteroatoms. The Hall–Kier alpha value is -3.41. The molecule has 0 unspecified atom stereocenters. The number of aromatic amines is 2. The molecule has 4 rings (SSSR count). The van der Waals surface area contributed by atoms with Gasteiger partial charge < -0.3 is 9.97 Å². The van der Waals surface area contributed by atoms with Crippen molar-refractivity contribution < 1.29 is 4.79 Å². The van der Waals surface area contributed by atoms with Gasteiger partial charge in [-0.15, -0.1) is 0 Å². The maximum absolute atomic E-state index is 12.0. The number of carbonyl (C=O) groups excluding carboxylic acids is 1. The van der Waals surface area contributed by atoms with Gasteiger partial charge in [0.05, 0.1) is 29.4 Å². The van der Waals surface area contributed by atoms with Crippen molar-refractivity contribution in [3.63, 3.8) is 0 Å². The standard InChI is InChI=1S/C18H15N5O/c24-18(10-17-21-15-7-3-4-8-16(15)22-17)23-19-11-13-9-12-5-1-2-6-14(12)20-13/h1-9,11,20H,10H2,(H,21,22)(H,23,24)/b19-11-. The largest absolute Gasteiger partial charge is 0.354 e. The third-order valence-corrected chi connectivity index (χ3v) is 3.71. The lowest BCUT2D eigenvalue weighted by Crippen LogP contribution is -2.20. The highest BCUT2D eigenvalue weighted by molar-refractivity contribution is 5.90. The van der Waals surface area contributed by atoms with Crippen LogP contribution in [0.2, 0.25) is 0 Å². The molecule has 0 aliphatic heterocycles. The molecule has 4 aromatic rings. The Morgan fingerprint density at radius 2 is 1.88 bits per heavy atom. The zero-order valence-corrected chi connectivity index (χ0v) is 12.8. The number of hydrogen-bond acceptors (Lipinski definition) is 3. The van der Waals surface area contributed by atoms with Gasteiger partial charge in [0.1, 0.15) is 5.82 Å². The van der Waals surface area contributed by atoms with Crippen molar-refractivity contribution >= 4 is 34.1 Å². The molecule has 0 radical (unpaired) electrons. The Labute approximate surface area is 137 Å². The number of carbonyl (C=O) groups is 1. The summed E-state index contributed by atoms with van der Waals surface area (Å²) in [5, 5.41) is 5.09. The van der Waals surface area contributed by atoms with Crippen LogP contribution < -0.4 is 5.43 Å². The molecule has 3 N–H and O–H groups in total. The van der Waals surface area contributed by atoms with Gasteiger partial charge in [0.2, 0.25) is 5.91 Å². The van der Waals surface area contributed by atoms with Crippen LogP contribution in [0.15, 0.2) is 59.7 Å². The van der Waals surface area contributed by atoms with Gasteiger partial charge in [-0.1, -0.05) is 30.3 Å². The van der Waals surface area contributed by atoms with E-state index in [1.165, 1.54) is 0 Å². The molecule has 6 nitrogen and oxygen atoms in total. The fourth-order valence-electron chi connectivity index (χ4n) is 2.62. The van der Waals surface area contributed by atoms with Crippen LogP contribution in [0.5, 0.6) is 0 Å². The maximum Gasteiger partial charge on any atom is 0.247 e. The van der Waals surface area contributed by atoms with Crippen LogP contribution in [0.4, 0.5) is 0 Å². The molecule has 2 aromatic carbocycles. The summed E-state index contributed by atoms with van der Waals surface area (Å²) in [6, 6.07) is 17.6. The molecular weight excluding hydrogens is 302 g/mol. The SMILES string of the molecule is O=C(Cc1nc2ccccc2[nH]1)N/N=C\c1cc2ccccc2[nH]1. The first kappa shape index (κ1) is 14.2. The van der Waals surface area contributed by atoms with E-state index in [1.54, 1.807) is 6.21 Å². The number of para-hydroxylation sites is 3. The molecular formula is C18H15N5O. The van der Waals surface area contributed by atoms with E-state index in [9.17, 15) is 4.79 Å². The Morgan fingerprint density at radius 3 is 2.71 bits per heavy atom. The van der Waals surface area contributed by atoms with E-state index in [1.807, 2.05) is 54.6 Å². The smallest absolute Gasteiger partial charge is 0.247 e. The number of aromatic nitrogens is 3. The maximum atomic E-state index is 12.0. The molecule has 0 aliphatic carbocycles. The number of fused-ring (bicyclic) bond motifs is 2. The number of nitrogens with one attached hydrogen (secondary N) is 3. The molecule has 1 amide bonds. The van der Waals surface area contributed by atoms with Crippen LogP contribution in [-0.4, -0.2) is 27.1 Å². The second-order valence-electron chi connectivity index (χ2n) is 5.48. The van der Waals surface area contributed by atoms with Gasteiger partial charge in [-0.3, -0.25) is 4.79 Å². The second-order valence-corrected chi connectivity index (χ2v) is 5.48. The molecule has 2 heterocycles. The van der Waals surface area contributed by atoms with E-state index < -0.39 is 0 Å². The molecule has 0 atom stereocenters. The number of nitrogens with zero attached hydrogens (tertiary/aromatic N) is 2. The Bertz CT molecular complexity index is 978. The summed E-state index contributed by atoms with van der Waals surface area (Å²) >= 11 is 0. The second kappa shape index (κ2) is 6.00. The zero-order chi connectivity index (χ0) is 16.4.